The van der Waals surface area contributed by atoms with Gasteiger partial charge in [0.05, 0.1) is 19.6 Å². The molecule has 3 rings (SSSR count). The van der Waals surface area contributed by atoms with E-state index in [1.54, 1.807) is 7.11 Å². The van der Waals surface area contributed by atoms with E-state index in [-0.39, 0.29) is 0 Å². The summed E-state index contributed by atoms with van der Waals surface area (Å²) in [7, 11) is 1.65. The molecule has 0 radical (unpaired) electrons. The second kappa shape index (κ2) is 5.76. The number of methoxy groups -OCH3 is 1. The van der Waals surface area contributed by atoms with Gasteiger partial charge in [-0.15, -0.1) is 11.6 Å². The molecule has 104 valence electrons. The number of benzene rings is 2. The van der Waals surface area contributed by atoms with E-state index in [0.29, 0.717) is 18.4 Å². The smallest absolute Gasteiger partial charge is 0.123 e. The Morgan fingerprint density at radius 1 is 1.20 bits per heavy atom. The second-order valence-corrected chi connectivity index (χ2v) is 5.29. The number of fused-ring (bicyclic) bond motifs is 1. The molecule has 1 unspecified atom stereocenters. The Balaban J connectivity index is 1.68. The molecule has 0 heterocycles. The standard InChI is InChI=1S/C17H17ClO2/c1-19-15-6-7-17(13(9-15)10-18)20-11-14-8-12-4-2-3-5-16(12)14/h2-7,9,14H,8,10-11H2,1H3. The molecule has 0 fully saturated rings. The van der Waals surface area contributed by atoms with Crippen LogP contribution in [-0.2, 0) is 12.3 Å². The summed E-state index contributed by atoms with van der Waals surface area (Å²) in [6.07, 6.45) is 1.10. The molecule has 0 aromatic heterocycles. The lowest BCUT2D eigenvalue weighted by Crippen LogP contribution is -2.23. The van der Waals surface area contributed by atoms with Gasteiger partial charge >= 0.3 is 0 Å². The Morgan fingerprint density at radius 3 is 2.80 bits per heavy atom. The Morgan fingerprint density at radius 2 is 2.05 bits per heavy atom. The molecule has 0 N–H and O–H groups in total. The Hall–Kier alpha value is -1.67. The maximum absolute atomic E-state index is 5.97. The lowest BCUT2D eigenvalue weighted by atomic mass is 9.78. The van der Waals surface area contributed by atoms with Crippen LogP contribution in [0.25, 0.3) is 0 Å². The summed E-state index contributed by atoms with van der Waals surface area (Å²) in [5.74, 6) is 2.58. The van der Waals surface area contributed by atoms with Crippen LogP contribution in [0.1, 0.15) is 22.6 Å². The molecule has 0 saturated heterocycles. The topological polar surface area (TPSA) is 18.5 Å². The van der Waals surface area contributed by atoms with Crippen molar-refractivity contribution in [2.45, 2.75) is 18.2 Å². The van der Waals surface area contributed by atoms with Gasteiger partial charge in [-0.3, -0.25) is 0 Å². The summed E-state index contributed by atoms with van der Waals surface area (Å²) in [5.41, 5.74) is 3.82. The maximum atomic E-state index is 5.97. The number of rotatable bonds is 5. The zero-order valence-corrected chi connectivity index (χ0v) is 12.2. The zero-order valence-electron chi connectivity index (χ0n) is 11.4. The molecule has 1 atom stereocenters. The highest BCUT2D eigenvalue weighted by Crippen LogP contribution is 2.35. The molecule has 2 nitrogen and oxygen atoms in total. The SMILES string of the molecule is COc1ccc(OCC2Cc3ccccc32)c(CCl)c1. The average molecular weight is 289 g/mol. The van der Waals surface area contributed by atoms with Gasteiger partial charge in [0.25, 0.3) is 0 Å². The van der Waals surface area contributed by atoms with E-state index in [1.165, 1.54) is 11.1 Å². The van der Waals surface area contributed by atoms with E-state index in [4.69, 9.17) is 21.1 Å². The lowest BCUT2D eigenvalue weighted by molar-refractivity contribution is 0.273. The molecule has 0 amide bonds. The Kier molecular flexibility index (Phi) is 3.83. The number of alkyl halides is 1. The molecule has 2 aromatic carbocycles. The number of ether oxygens (including phenoxy) is 2. The van der Waals surface area contributed by atoms with Gasteiger partial charge < -0.3 is 9.47 Å². The summed E-state index contributed by atoms with van der Waals surface area (Å²) >= 11 is 5.97. The van der Waals surface area contributed by atoms with Crippen LogP contribution in [0.3, 0.4) is 0 Å². The fourth-order valence-electron chi connectivity index (χ4n) is 2.63. The molecule has 1 aliphatic rings. The minimum atomic E-state index is 0.424. The van der Waals surface area contributed by atoms with Gasteiger partial charge in [0, 0.05) is 11.5 Å². The quantitative estimate of drug-likeness (QED) is 0.770. The fraction of sp³-hybridized carbons (Fsp3) is 0.294. The third-order valence-corrected chi connectivity index (χ3v) is 4.10. The summed E-state index contributed by atoms with van der Waals surface area (Å²) in [6.45, 7) is 0.702. The highest BCUT2D eigenvalue weighted by atomic mass is 35.5. The highest BCUT2D eigenvalue weighted by molar-refractivity contribution is 6.17. The van der Waals surface area contributed by atoms with Crippen molar-refractivity contribution in [2.75, 3.05) is 13.7 Å². The molecular formula is C17H17ClO2. The first kappa shape index (κ1) is 13.3. The zero-order chi connectivity index (χ0) is 13.9. The predicted molar refractivity (Wildman–Crippen MR) is 80.9 cm³/mol. The Bertz CT molecular complexity index is 610. The minimum Gasteiger partial charge on any atom is -0.497 e. The number of hydrogen-bond donors (Lipinski definition) is 0. The van der Waals surface area contributed by atoms with E-state index in [2.05, 4.69) is 24.3 Å². The average Bonchev–Trinajstić information content (AvgIpc) is 2.48. The van der Waals surface area contributed by atoms with Gasteiger partial charge in [-0.25, -0.2) is 0 Å². The lowest BCUT2D eigenvalue weighted by Gasteiger charge is -2.30. The van der Waals surface area contributed by atoms with Crippen LogP contribution in [-0.4, -0.2) is 13.7 Å². The monoisotopic (exact) mass is 288 g/mol. The van der Waals surface area contributed by atoms with Crippen molar-refractivity contribution in [3.05, 3.63) is 59.2 Å². The van der Waals surface area contributed by atoms with Crippen LogP contribution >= 0.6 is 11.6 Å². The summed E-state index contributed by atoms with van der Waals surface area (Å²) in [5, 5.41) is 0. The molecule has 0 aliphatic heterocycles. The molecule has 3 heteroatoms. The third kappa shape index (κ3) is 2.48. The van der Waals surface area contributed by atoms with Crippen LogP contribution < -0.4 is 9.47 Å². The predicted octanol–water partition coefficient (Wildman–Crippen LogP) is 4.15. The summed E-state index contributed by atoms with van der Waals surface area (Å²) < 4.78 is 11.2. The largest absolute Gasteiger partial charge is 0.497 e. The first-order chi connectivity index (χ1) is 9.81. The maximum Gasteiger partial charge on any atom is 0.123 e. The van der Waals surface area contributed by atoms with Crippen molar-refractivity contribution in [3.63, 3.8) is 0 Å². The fourth-order valence-corrected chi connectivity index (χ4v) is 2.84. The van der Waals surface area contributed by atoms with Crippen LogP contribution in [0, 0.1) is 0 Å². The number of hydrogen-bond acceptors (Lipinski definition) is 2. The molecule has 0 bridgehead atoms. The molecule has 20 heavy (non-hydrogen) atoms. The van der Waals surface area contributed by atoms with Crippen molar-refractivity contribution in [1.82, 2.24) is 0 Å². The van der Waals surface area contributed by atoms with E-state index in [0.717, 1.165) is 23.5 Å². The van der Waals surface area contributed by atoms with Gasteiger partial charge in [0.2, 0.25) is 0 Å². The van der Waals surface area contributed by atoms with Gasteiger partial charge in [-0.2, -0.15) is 0 Å². The molecule has 2 aromatic rings. The minimum absolute atomic E-state index is 0.424. The van der Waals surface area contributed by atoms with Crippen molar-refractivity contribution in [1.29, 1.82) is 0 Å². The van der Waals surface area contributed by atoms with Gasteiger partial charge in [-0.1, -0.05) is 24.3 Å². The first-order valence-electron chi connectivity index (χ1n) is 6.75. The van der Waals surface area contributed by atoms with Crippen molar-refractivity contribution in [2.24, 2.45) is 0 Å². The normalized spacial score (nSPS) is 16.2. The van der Waals surface area contributed by atoms with Crippen molar-refractivity contribution >= 4 is 11.6 Å². The summed E-state index contributed by atoms with van der Waals surface area (Å²) in [4.78, 5) is 0. The van der Waals surface area contributed by atoms with Crippen LogP contribution in [0.15, 0.2) is 42.5 Å². The van der Waals surface area contributed by atoms with Gasteiger partial charge in [0.15, 0.2) is 0 Å². The first-order valence-corrected chi connectivity index (χ1v) is 7.28. The van der Waals surface area contributed by atoms with E-state index in [9.17, 15) is 0 Å². The molecule has 1 aliphatic carbocycles. The molecule has 0 spiro atoms. The van der Waals surface area contributed by atoms with Crippen molar-refractivity contribution < 1.29 is 9.47 Å². The van der Waals surface area contributed by atoms with E-state index in [1.807, 2.05) is 18.2 Å². The third-order valence-electron chi connectivity index (χ3n) is 3.81. The van der Waals surface area contributed by atoms with E-state index >= 15 is 0 Å². The van der Waals surface area contributed by atoms with Gasteiger partial charge in [0.1, 0.15) is 11.5 Å². The Labute approximate surface area is 124 Å². The van der Waals surface area contributed by atoms with Crippen molar-refractivity contribution in [3.8, 4) is 11.5 Å². The highest BCUT2D eigenvalue weighted by Gasteiger charge is 2.26. The van der Waals surface area contributed by atoms with Crippen LogP contribution in [0.2, 0.25) is 0 Å². The van der Waals surface area contributed by atoms with Crippen LogP contribution in [0.4, 0.5) is 0 Å². The van der Waals surface area contributed by atoms with Gasteiger partial charge in [-0.05, 0) is 35.7 Å². The molecular weight excluding hydrogens is 272 g/mol. The summed E-state index contributed by atoms with van der Waals surface area (Å²) in [6, 6.07) is 14.3. The van der Waals surface area contributed by atoms with E-state index < -0.39 is 0 Å². The molecule has 0 saturated carbocycles. The second-order valence-electron chi connectivity index (χ2n) is 5.02. The van der Waals surface area contributed by atoms with Crippen LogP contribution in [0.5, 0.6) is 11.5 Å². The number of halogens is 1.